The van der Waals surface area contributed by atoms with E-state index < -0.39 is 5.97 Å². The molecular weight excluding hydrogens is 328 g/mol. The smallest absolute Gasteiger partial charge is 0.337 e. The van der Waals surface area contributed by atoms with Gasteiger partial charge in [-0.15, -0.1) is 0 Å². The predicted molar refractivity (Wildman–Crippen MR) is 73.5 cm³/mol. The molecule has 0 atom stereocenters. The molecule has 7 heteroatoms. The minimum absolute atomic E-state index is 0.170. The van der Waals surface area contributed by atoms with Crippen molar-refractivity contribution in [2.45, 2.75) is 20.0 Å². The fraction of sp³-hybridized carbons (Fsp3) is 0.308. The van der Waals surface area contributed by atoms with Crippen LogP contribution in [0.15, 0.2) is 27.2 Å². The molecule has 1 heterocycles. The molecule has 0 aliphatic rings. The number of benzene rings is 1. The maximum absolute atomic E-state index is 11.4. The Kier molecular flexibility index (Phi) is 4.73. The monoisotopic (exact) mass is 340 g/mol. The van der Waals surface area contributed by atoms with Gasteiger partial charge in [-0.2, -0.15) is 4.98 Å². The van der Waals surface area contributed by atoms with Crippen molar-refractivity contribution in [2.75, 3.05) is 7.11 Å². The third kappa shape index (κ3) is 3.36. The molecular formula is C13H13BrN2O4. The maximum Gasteiger partial charge on any atom is 0.337 e. The fourth-order valence-corrected chi connectivity index (χ4v) is 1.99. The van der Waals surface area contributed by atoms with Crippen molar-refractivity contribution in [3.8, 4) is 5.75 Å². The quantitative estimate of drug-likeness (QED) is 0.779. The maximum atomic E-state index is 11.4. The summed E-state index contributed by atoms with van der Waals surface area (Å²) >= 11 is 3.34. The molecule has 0 aliphatic heterocycles. The molecule has 0 fully saturated rings. The average Bonchev–Trinajstić information content (AvgIpc) is 2.93. The van der Waals surface area contributed by atoms with Gasteiger partial charge in [0.1, 0.15) is 5.75 Å². The SMILES string of the molecule is CCc1noc(COc2ccc(C(=O)OC)cc2Br)n1. The number of carbonyl (C=O) groups excluding carboxylic acids is 1. The Labute approximate surface area is 124 Å². The van der Waals surface area contributed by atoms with Gasteiger partial charge in [-0.1, -0.05) is 12.1 Å². The van der Waals surface area contributed by atoms with Gasteiger partial charge in [0.2, 0.25) is 0 Å². The first-order chi connectivity index (χ1) is 9.63. The second-order valence-electron chi connectivity index (χ2n) is 3.88. The molecule has 6 nitrogen and oxygen atoms in total. The van der Waals surface area contributed by atoms with Gasteiger partial charge >= 0.3 is 5.97 Å². The zero-order valence-electron chi connectivity index (χ0n) is 11.1. The lowest BCUT2D eigenvalue weighted by Gasteiger charge is -2.07. The van der Waals surface area contributed by atoms with Gasteiger partial charge in [-0.25, -0.2) is 4.79 Å². The third-order valence-corrected chi connectivity index (χ3v) is 3.15. The summed E-state index contributed by atoms with van der Waals surface area (Å²) in [6.07, 6.45) is 0.709. The van der Waals surface area contributed by atoms with E-state index in [-0.39, 0.29) is 6.61 Å². The number of aromatic nitrogens is 2. The summed E-state index contributed by atoms with van der Waals surface area (Å²) in [6, 6.07) is 4.93. The van der Waals surface area contributed by atoms with Crippen LogP contribution in [0, 0.1) is 0 Å². The second kappa shape index (κ2) is 6.51. The molecule has 0 amide bonds. The number of halogens is 1. The average molecular weight is 341 g/mol. The van der Waals surface area contributed by atoms with Gasteiger partial charge in [-0.3, -0.25) is 0 Å². The molecule has 2 rings (SSSR count). The van der Waals surface area contributed by atoms with Crippen molar-refractivity contribution < 1.29 is 18.8 Å². The van der Waals surface area contributed by atoms with Gasteiger partial charge in [0, 0.05) is 6.42 Å². The van der Waals surface area contributed by atoms with E-state index in [1.54, 1.807) is 18.2 Å². The van der Waals surface area contributed by atoms with Gasteiger partial charge in [-0.05, 0) is 34.1 Å². The fourth-order valence-electron chi connectivity index (χ4n) is 1.49. The molecule has 0 N–H and O–H groups in total. The zero-order valence-corrected chi connectivity index (χ0v) is 12.6. The van der Waals surface area contributed by atoms with Gasteiger partial charge < -0.3 is 14.0 Å². The molecule has 0 saturated heterocycles. The van der Waals surface area contributed by atoms with Crippen LogP contribution in [0.3, 0.4) is 0 Å². The summed E-state index contributed by atoms with van der Waals surface area (Å²) in [7, 11) is 1.33. The number of ether oxygens (including phenoxy) is 2. The van der Waals surface area contributed by atoms with E-state index in [2.05, 4.69) is 30.8 Å². The summed E-state index contributed by atoms with van der Waals surface area (Å²) in [5.41, 5.74) is 0.442. The zero-order chi connectivity index (χ0) is 14.5. The van der Waals surface area contributed by atoms with Crippen molar-refractivity contribution >= 4 is 21.9 Å². The highest BCUT2D eigenvalue weighted by atomic mass is 79.9. The summed E-state index contributed by atoms with van der Waals surface area (Å²) in [5.74, 6) is 1.23. The molecule has 0 bridgehead atoms. The summed E-state index contributed by atoms with van der Waals surface area (Å²) in [5, 5.41) is 3.78. The number of nitrogens with zero attached hydrogens (tertiary/aromatic N) is 2. The van der Waals surface area contributed by atoms with Crippen molar-refractivity contribution in [3.63, 3.8) is 0 Å². The lowest BCUT2D eigenvalue weighted by atomic mass is 10.2. The van der Waals surface area contributed by atoms with E-state index in [0.717, 1.165) is 0 Å². The molecule has 0 saturated carbocycles. The molecule has 0 spiro atoms. The Morgan fingerprint density at radius 1 is 1.45 bits per heavy atom. The highest BCUT2D eigenvalue weighted by molar-refractivity contribution is 9.10. The van der Waals surface area contributed by atoms with Crippen molar-refractivity contribution in [1.82, 2.24) is 10.1 Å². The summed E-state index contributed by atoms with van der Waals surface area (Å²) in [6.45, 7) is 2.11. The van der Waals surface area contributed by atoms with Crippen LogP contribution in [-0.4, -0.2) is 23.2 Å². The highest BCUT2D eigenvalue weighted by Gasteiger charge is 2.11. The van der Waals surface area contributed by atoms with Gasteiger partial charge in [0.25, 0.3) is 5.89 Å². The normalized spacial score (nSPS) is 10.3. The van der Waals surface area contributed by atoms with Crippen LogP contribution >= 0.6 is 15.9 Å². The van der Waals surface area contributed by atoms with E-state index >= 15 is 0 Å². The first-order valence-corrected chi connectivity index (χ1v) is 6.75. The highest BCUT2D eigenvalue weighted by Crippen LogP contribution is 2.27. The molecule has 20 heavy (non-hydrogen) atoms. The Bertz CT molecular complexity index is 612. The second-order valence-corrected chi connectivity index (χ2v) is 4.74. The minimum Gasteiger partial charge on any atom is -0.483 e. The van der Waals surface area contributed by atoms with Crippen molar-refractivity contribution in [1.29, 1.82) is 0 Å². The summed E-state index contributed by atoms with van der Waals surface area (Å²) in [4.78, 5) is 15.5. The van der Waals surface area contributed by atoms with Crippen LogP contribution in [0.2, 0.25) is 0 Å². The van der Waals surface area contributed by atoms with Crippen molar-refractivity contribution in [3.05, 3.63) is 40.0 Å². The van der Waals surface area contributed by atoms with Crippen LogP contribution in [0.25, 0.3) is 0 Å². The molecule has 106 valence electrons. The van der Waals surface area contributed by atoms with Crippen molar-refractivity contribution in [2.24, 2.45) is 0 Å². The molecule has 2 aromatic rings. The molecule has 1 aromatic heterocycles. The van der Waals surface area contributed by atoms with Gasteiger partial charge in [0.05, 0.1) is 17.1 Å². The van der Waals surface area contributed by atoms with E-state index in [1.165, 1.54) is 7.11 Å². The molecule has 0 aliphatic carbocycles. The van der Waals surface area contributed by atoms with E-state index in [1.807, 2.05) is 6.92 Å². The number of hydrogen-bond donors (Lipinski definition) is 0. The van der Waals surface area contributed by atoms with E-state index in [0.29, 0.717) is 33.9 Å². The standard InChI is InChI=1S/C13H13BrN2O4/c1-3-11-15-12(20-16-11)7-19-10-5-4-8(6-9(10)14)13(17)18-2/h4-6H,3,7H2,1-2H3. The number of methoxy groups -OCH3 is 1. The van der Waals surface area contributed by atoms with Gasteiger partial charge in [0.15, 0.2) is 12.4 Å². The Hall–Kier alpha value is -1.89. The first-order valence-electron chi connectivity index (χ1n) is 5.96. The van der Waals surface area contributed by atoms with Crippen LogP contribution in [0.1, 0.15) is 29.0 Å². The molecule has 1 aromatic carbocycles. The number of aryl methyl sites for hydroxylation is 1. The van der Waals surface area contributed by atoms with E-state index in [9.17, 15) is 4.79 Å². The van der Waals surface area contributed by atoms with Crippen LogP contribution in [0.5, 0.6) is 5.75 Å². The Balaban J connectivity index is 2.04. The first kappa shape index (κ1) is 14.5. The van der Waals surface area contributed by atoms with Crippen LogP contribution in [0.4, 0.5) is 0 Å². The summed E-state index contributed by atoms with van der Waals surface area (Å²) < 4.78 is 15.9. The minimum atomic E-state index is -0.401. The molecule has 0 unspecified atom stereocenters. The third-order valence-electron chi connectivity index (χ3n) is 2.53. The largest absolute Gasteiger partial charge is 0.483 e. The topological polar surface area (TPSA) is 74.5 Å². The lowest BCUT2D eigenvalue weighted by Crippen LogP contribution is -2.02. The predicted octanol–water partition coefficient (Wildman–Crippen LogP) is 2.76. The Morgan fingerprint density at radius 3 is 2.85 bits per heavy atom. The number of hydrogen-bond acceptors (Lipinski definition) is 6. The van der Waals surface area contributed by atoms with Crippen LogP contribution < -0.4 is 4.74 Å². The number of rotatable bonds is 5. The molecule has 0 radical (unpaired) electrons. The number of esters is 1. The number of carbonyl (C=O) groups is 1. The lowest BCUT2D eigenvalue weighted by molar-refractivity contribution is 0.0600. The van der Waals surface area contributed by atoms with E-state index in [4.69, 9.17) is 9.26 Å². The van der Waals surface area contributed by atoms with Crippen LogP contribution in [-0.2, 0) is 17.8 Å². The Morgan fingerprint density at radius 2 is 2.25 bits per heavy atom.